The summed E-state index contributed by atoms with van der Waals surface area (Å²) in [6.45, 7) is 4.05. The van der Waals surface area contributed by atoms with Crippen LogP contribution >= 0.6 is 0 Å². The van der Waals surface area contributed by atoms with Crippen LogP contribution in [0.15, 0.2) is 65.7 Å². The van der Waals surface area contributed by atoms with Crippen molar-refractivity contribution in [2.75, 3.05) is 12.4 Å². The molecule has 174 valence electrons. The molecule has 34 heavy (non-hydrogen) atoms. The zero-order chi connectivity index (χ0) is 24.5. The number of hydrogen-bond donors (Lipinski definition) is 1. The monoisotopic (exact) mass is 462 g/mol. The molecule has 0 spiro atoms. The van der Waals surface area contributed by atoms with E-state index in [2.05, 4.69) is 5.32 Å². The van der Waals surface area contributed by atoms with Gasteiger partial charge in [-0.25, -0.2) is 8.78 Å². The average molecular weight is 462 g/mol. The second-order valence-electron chi connectivity index (χ2n) is 8.83. The number of amides is 1. The van der Waals surface area contributed by atoms with Gasteiger partial charge in [-0.05, 0) is 62.2 Å². The van der Waals surface area contributed by atoms with Crippen molar-refractivity contribution in [3.05, 3.63) is 94.6 Å². The van der Waals surface area contributed by atoms with Crippen LogP contribution < -0.4 is 10.1 Å². The van der Waals surface area contributed by atoms with Crippen molar-refractivity contribution in [3.63, 3.8) is 0 Å². The predicted octanol–water partition coefficient (Wildman–Crippen LogP) is 5.62. The lowest BCUT2D eigenvalue weighted by atomic mass is 9.85. The molecule has 1 N–H and O–H groups in total. The van der Waals surface area contributed by atoms with Crippen molar-refractivity contribution in [2.24, 2.45) is 4.99 Å². The predicted molar refractivity (Wildman–Crippen MR) is 127 cm³/mol. The number of aliphatic imine (C=N–C) groups is 1. The number of anilines is 1. The highest BCUT2D eigenvalue weighted by molar-refractivity contribution is 6.17. The van der Waals surface area contributed by atoms with Crippen molar-refractivity contribution in [1.82, 2.24) is 0 Å². The lowest BCUT2D eigenvalue weighted by Crippen LogP contribution is -2.30. The zero-order valence-corrected chi connectivity index (χ0v) is 19.1. The molecule has 3 aromatic rings. The fourth-order valence-electron chi connectivity index (χ4n) is 4.07. The Morgan fingerprint density at radius 1 is 1.06 bits per heavy atom. The van der Waals surface area contributed by atoms with E-state index >= 15 is 0 Å². The third kappa shape index (κ3) is 5.03. The molecule has 0 aromatic heterocycles. The van der Waals surface area contributed by atoms with Gasteiger partial charge < -0.3 is 10.1 Å². The largest absolute Gasteiger partial charge is 0.497 e. The Morgan fingerprint density at radius 3 is 2.59 bits per heavy atom. The highest BCUT2D eigenvalue weighted by Crippen LogP contribution is 2.31. The summed E-state index contributed by atoms with van der Waals surface area (Å²) in [7, 11) is 1.59. The lowest BCUT2D eigenvalue weighted by Gasteiger charge is -2.29. The highest BCUT2D eigenvalue weighted by atomic mass is 19.1. The van der Waals surface area contributed by atoms with Gasteiger partial charge in [-0.15, -0.1) is 0 Å². The number of benzene rings is 3. The van der Waals surface area contributed by atoms with E-state index in [1.807, 2.05) is 32.0 Å². The molecule has 0 unspecified atom stereocenters. The van der Waals surface area contributed by atoms with Crippen molar-refractivity contribution in [2.45, 2.75) is 32.2 Å². The van der Waals surface area contributed by atoms with E-state index in [4.69, 9.17) is 9.73 Å². The number of ether oxygens (including phenoxy) is 1. The van der Waals surface area contributed by atoms with Crippen molar-refractivity contribution in [3.8, 4) is 5.75 Å². The number of nitrogens with zero attached hydrogens (tertiary/aromatic N) is 1. The quantitative estimate of drug-likeness (QED) is 0.484. The summed E-state index contributed by atoms with van der Waals surface area (Å²) in [6.07, 6.45) is 0.832. The van der Waals surface area contributed by atoms with Gasteiger partial charge >= 0.3 is 0 Å². The number of ketones is 1. The Bertz CT molecular complexity index is 1310. The molecule has 0 fully saturated rings. The standard InChI is InChI=1S/C27H24F2N2O3/c1-27(2)15-17-7-9-20(34-3)13-22(17)24(31-27)14-25(32)16-5-4-6-19(11-16)30-26(33)21-10-8-18(28)12-23(21)29/h4-13H,14-15H2,1-3H3,(H,30,33). The summed E-state index contributed by atoms with van der Waals surface area (Å²) in [5.74, 6) is -1.95. The third-order valence-corrected chi connectivity index (χ3v) is 5.63. The van der Waals surface area contributed by atoms with Crippen LogP contribution in [0, 0.1) is 11.6 Å². The number of rotatable bonds is 6. The first-order chi connectivity index (χ1) is 16.1. The van der Waals surface area contributed by atoms with E-state index in [0.29, 0.717) is 28.8 Å². The van der Waals surface area contributed by atoms with Crippen LogP contribution in [0.5, 0.6) is 5.75 Å². The Morgan fingerprint density at radius 2 is 1.85 bits per heavy atom. The lowest BCUT2D eigenvalue weighted by molar-refractivity contribution is 0.0995. The summed E-state index contributed by atoms with van der Waals surface area (Å²) in [6, 6.07) is 14.9. The van der Waals surface area contributed by atoms with Crippen LogP contribution in [0.3, 0.4) is 0 Å². The van der Waals surface area contributed by atoms with Crippen molar-refractivity contribution < 1.29 is 23.1 Å². The molecule has 7 heteroatoms. The van der Waals surface area contributed by atoms with Gasteiger partial charge in [0.2, 0.25) is 0 Å². The molecule has 0 saturated heterocycles. The molecule has 1 heterocycles. The maximum absolute atomic E-state index is 13.9. The fraction of sp³-hybridized carbons (Fsp3) is 0.222. The summed E-state index contributed by atoms with van der Waals surface area (Å²) < 4.78 is 32.4. The van der Waals surface area contributed by atoms with Crippen LogP contribution in [0.25, 0.3) is 0 Å². The fourth-order valence-corrected chi connectivity index (χ4v) is 4.07. The van der Waals surface area contributed by atoms with Crippen LogP contribution in [-0.4, -0.2) is 30.1 Å². The van der Waals surface area contributed by atoms with Gasteiger partial charge in [0.1, 0.15) is 17.4 Å². The molecule has 1 aliphatic heterocycles. The van der Waals surface area contributed by atoms with Crippen molar-refractivity contribution >= 4 is 23.1 Å². The first-order valence-corrected chi connectivity index (χ1v) is 10.8. The van der Waals surface area contributed by atoms with Crippen LogP contribution in [0.1, 0.15) is 52.1 Å². The maximum Gasteiger partial charge on any atom is 0.258 e. The molecule has 0 atom stereocenters. The highest BCUT2D eigenvalue weighted by Gasteiger charge is 2.28. The molecular weight excluding hydrogens is 438 g/mol. The van der Waals surface area contributed by atoms with Gasteiger partial charge in [0.15, 0.2) is 5.78 Å². The SMILES string of the molecule is COc1ccc2c(c1)C(CC(=O)c1cccc(NC(=O)c3ccc(F)cc3F)c1)=NC(C)(C)C2. The zero-order valence-electron chi connectivity index (χ0n) is 19.1. The molecule has 1 amide bonds. The summed E-state index contributed by atoms with van der Waals surface area (Å²) in [4.78, 5) is 30.4. The van der Waals surface area contributed by atoms with Crippen molar-refractivity contribution in [1.29, 1.82) is 0 Å². The molecule has 0 radical (unpaired) electrons. The second kappa shape index (κ2) is 9.17. The van der Waals surface area contributed by atoms with Gasteiger partial charge in [0, 0.05) is 22.9 Å². The van der Waals surface area contributed by atoms with Crippen LogP contribution in [0.2, 0.25) is 0 Å². The number of carbonyl (C=O) groups excluding carboxylic acids is 2. The number of methoxy groups -OCH3 is 1. The van der Waals surface area contributed by atoms with E-state index < -0.39 is 17.5 Å². The van der Waals surface area contributed by atoms with E-state index in [1.54, 1.807) is 25.3 Å². The summed E-state index contributed by atoms with van der Waals surface area (Å²) in [5.41, 5.74) is 2.75. The first kappa shape index (κ1) is 23.3. The number of Topliss-reactive ketones (excluding diaryl/α,β-unsaturated/α-hetero) is 1. The van der Waals surface area contributed by atoms with Crippen LogP contribution in [-0.2, 0) is 6.42 Å². The number of carbonyl (C=O) groups is 2. The van der Waals surface area contributed by atoms with Gasteiger partial charge in [-0.3, -0.25) is 14.6 Å². The Kier molecular flexibility index (Phi) is 6.28. The molecular formula is C27H24F2N2O3. The minimum atomic E-state index is -0.961. The van der Waals surface area contributed by atoms with Crippen LogP contribution in [0.4, 0.5) is 14.5 Å². The molecule has 1 aliphatic rings. The molecule has 0 bridgehead atoms. The van der Waals surface area contributed by atoms with E-state index in [1.165, 1.54) is 6.07 Å². The second-order valence-corrected chi connectivity index (χ2v) is 8.83. The van der Waals surface area contributed by atoms with Gasteiger partial charge in [0.05, 0.1) is 30.3 Å². The molecule has 5 nitrogen and oxygen atoms in total. The first-order valence-electron chi connectivity index (χ1n) is 10.8. The van der Waals surface area contributed by atoms with Gasteiger partial charge in [0.25, 0.3) is 5.91 Å². The van der Waals surface area contributed by atoms with Gasteiger partial charge in [-0.2, -0.15) is 0 Å². The smallest absolute Gasteiger partial charge is 0.258 e. The Labute approximate surface area is 196 Å². The number of fused-ring (bicyclic) bond motifs is 1. The average Bonchev–Trinajstić information content (AvgIpc) is 2.78. The molecule has 4 rings (SSSR count). The van der Waals surface area contributed by atoms with E-state index in [0.717, 1.165) is 29.7 Å². The minimum absolute atomic E-state index is 0.0770. The molecule has 0 aliphatic carbocycles. The Hall–Kier alpha value is -3.87. The normalized spacial score (nSPS) is 14.1. The minimum Gasteiger partial charge on any atom is -0.497 e. The Balaban J connectivity index is 1.56. The van der Waals surface area contributed by atoms with E-state index in [9.17, 15) is 18.4 Å². The third-order valence-electron chi connectivity index (χ3n) is 5.63. The van der Waals surface area contributed by atoms with Gasteiger partial charge in [-0.1, -0.05) is 18.2 Å². The van der Waals surface area contributed by atoms with E-state index in [-0.39, 0.29) is 23.3 Å². The topological polar surface area (TPSA) is 67.8 Å². The molecule has 0 saturated carbocycles. The number of hydrogen-bond acceptors (Lipinski definition) is 4. The summed E-state index contributed by atoms with van der Waals surface area (Å²) >= 11 is 0. The maximum atomic E-state index is 13.9. The summed E-state index contributed by atoms with van der Waals surface area (Å²) in [5, 5.41) is 2.56. The number of halogens is 2. The molecule has 3 aromatic carbocycles. The number of nitrogens with one attached hydrogen (secondary N) is 1.